The van der Waals surface area contributed by atoms with E-state index in [2.05, 4.69) is 49.8 Å². The summed E-state index contributed by atoms with van der Waals surface area (Å²) in [5.41, 5.74) is 2.23. The Bertz CT molecular complexity index is 802. The van der Waals surface area contributed by atoms with Gasteiger partial charge in [-0.15, -0.1) is 24.0 Å². The molecular weight excluding hydrogens is 491 g/mol. The van der Waals surface area contributed by atoms with E-state index < -0.39 is 0 Å². The molecule has 1 saturated heterocycles. The van der Waals surface area contributed by atoms with Gasteiger partial charge in [0.25, 0.3) is 0 Å². The van der Waals surface area contributed by atoms with Gasteiger partial charge in [0.2, 0.25) is 5.91 Å². The zero-order valence-corrected chi connectivity index (χ0v) is 20.0. The van der Waals surface area contributed by atoms with Crippen molar-refractivity contribution < 1.29 is 4.79 Å². The molecule has 1 atom stereocenters. The Morgan fingerprint density at radius 3 is 2.70 bits per heavy atom. The van der Waals surface area contributed by atoms with Crippen LogP contribution in [0.25, 0.3) is 0 Å². The highest BCUT2D eigenvalue weighted by Gasteiger charge is 2.23. The zero-order valence-electron chi connectivity index (χ0n) is 17.6. The average molecular weight is 522 g/mol. The first-order valence-electron chi connectivity index (χ1n) is 10.1. The SMILES string of the molecule is CN=C(NCC(=O)N(C)CCc1ccccn1)NC1CCN(c2ccccc2)C1.I. The number of carbonyl (C=O) groups excluding carboxylic acids is 1. The summed E-state index contributed by atoms with van der Waals surface area (Å²) in [6.45, 7) is 2.78. The van der Waals surface area contributed by atoms with Crippen molar-refractivity contribution in [1.29, 1.82) is 0 Å². The van der Waals surface area contributed by atoms with Crippen LogP contribution in [0.5, 0.6) is 0 Å². The molecule has 1 aromatic carbocycles. The summed E-state index contributed by atoms with van der Waals surface area (Å²) >= 11 is 0. The number of benzene rings is 1. The van der Waals surface area contributed by atoms with Gasteiger partial charge in [-0.05, 0) is 30.7 Å². The molecule has 1 aromatic heterocycles. The van der Waals surface area contributed by atoms with Crippen molar-refractivity contribution in [2.24, 2.45) is 4.99 Å². The van der Waals surface area contributed by atoms with Crippen LogP contribution in [0.3, 0.4) is 0 Å². The predicted octanol–water partition coefficient (Wildman–Crippen LogP) is 2.14. The summed E-state index contributed by atoms with van der Waals surface area (Å²) in [7, 11) is 3.55. The third-order valence-corrected chi connectivity index (χ3v) is 5.14. The van der Waals surface area contributed by atoms with Crippen LogP contribution in [0.4, 0.5) is 5.69 Å². The fourth-order valence-electron chi connectivity index (χ4n) is 3.39. The molecule has 7 nitrogen and oxygen atoms in total. The molecule has 8 heteroatoms. The van der Waals surface area contributed by atoms with Gasteiger partial charge in [0.05, 0.1) is 6.54 Å². The smallest absolute Gasteiger partial charge is 0.241 e. The van der Waals surface area contributed by atoms with Gasteiger partial charge in [-0.1, -0.05) is 24.3 Å². The van der Waals surface area contributed by atoms with Gasteiger partial charge < -0.3 is 20.4 Å². The molecule has 30 heavy (non-hydrogen) atoms. The van der Waals surface area contributed by atoms with Crippen molar-refractivity contribution in [2.45, 2.75) is 18.9 Å². The second-order valence-electron chi connectivity index (χ2n) is 7.22. The van der Waals surface area contributed by atoms with Crippen LogP contribution in [0, 0.1) is 0 Å². The molecule has 2 N–H and O–H groups in total. The Morgan fingerprint density at radius 1 is 1.23 bits per heavy atom. The van der Waals surface area contributed by atoms with Gasteiger partial charge in [-0.3, -0.25) is 14.8 Å². The highest BCUT2D eigenvalue weighted by Crippen LogP contribution is 2.19. The number of aliphatic imine (C=N–C) groups is 1. The number of para-hydroxylation sites is 1. The molecule has 1 amide bonds. The number of aromatic nitrogens is 1. The number of anilines is 1. The lowest BCUT2D eigenvalue weighted by molar-refractivity contribution is -0.128. The molecular formula is C22H31IN6O. The molecule has 3 rings (SSSR count). The number of likely N-dealkylation sites (N-methyl/N-ethyl adjacent to an activating group) is 1. The number of nitrogens with zero attached hydrogens (tertiary/aromatic N) is 4. The average Bonchev–Trinajstić information content (AvgIpc) is 3.24. The van der Waals surface area contributed by atoms with Gasteiger partial charge in [0.15, 0.2) is 5.96 Å². The van der Waals surface area contributed by atoms with Crippen molar-refractivity contribution in [2.75, 3.05) is 45.2 Å². The lowest BCUT2D eigenvalue weighted by Gasteiger charge is -2.21. The molecule has 0 bridgehead atoms. The van der Waals surface area contributed by atoms with Crippen molar-refractivity contribution in [3.05, 3.63) is 60.4 Å². The molecule has 0 spiro atoms. The first kappa shape index (κ1) is 23.9. The van der Waals surface area contributed by atoms with Gasteiger partial charge in [-0.25, -0.2) is 0 Å². The van der Waals surface area contributed by atoms with Crippen molar-refractivity contribution in [3.63, 3.8) is 0 Å². The fourth-order valence-corrected chi connectivity index (χ4v) is 3.39. The van der Waals surface area contributed by atoms with E-state index in [9.17, 15) is 4.79 Å². The van der Waals surface area contributed by atoms with E-state index in [1.54, 1.807) is 18.1 Å². The van der Waals surface area contributed by atoms with E-state index >= 15 is 0 Å². The predicted molar refractivity (Wildman–Crippen MR) is 133 cm³/mol. The van der Waals surface area contributed by atoms with Gasteiger partial charge in [0.1, 0.15) is 0 Å². The van der Waals surface area contributed by atoms with Crippen LogP contribution in [-0.4, -0.2) is 68.1 Å². The van der Waals surface area contributed by atoms with Gasteiger partial charge in [-0.2, -0.15) is 0 Å². The minimum Gasteiger partial charge on any atom is -0.369 e. The quantitative estimate of drug-likeness (QED) is 0.331. The number of pyridine rings is 1. The van der Waals surface area contributed by atoms with E-state index in [-0.39, 0.29) is 36.4 Å². The van der Waals surface area contributed by atoms with Gasteiger partial charge >= 0.3 is 0 Å². The largest absolute Gasteiger partial charge is 0.369 e. The van der Waals surface area contributed by atoms with E-state index in [4.69, 9.17) is 0 Å². The summed E-state index contributed by atoms with van der Waals surface area (Å²) < 4.78 is 0. The number of hydrogen-bond donors (Lipinski definition) is 2. The maximum Gasteiger partial charge on any atom is 0.241 e. The highest BCUT2D eigenvalue weighted by atomic mass is 127. The highest BCUT2D eigenvalue weighted by molar-refractivity contribution is 14.0. The summed E-state index contributed by atoms with van der Waals surface area (Å²) in [6.07, 6.45) is 3.55. The molecule has 1 fully saturated rings. The fraction of sp³-hybridized carbons (Fsp3) is 0.409. The van der Waals surface area contributed by atoms with E-state index in [0.29, 0.717) is 18.5 Å². The van der Waals surface area contributed by atoms with Crippen LogP contribution >= 0.6 is 24.0 Å². The molecule has 1 unspecified atom stereocenters. The van der Waals surface area contributed by atoms with E-state index in [1.807, 2.05) is 31.3 Å². The van der Waals surface area contributed by atoms with E-state index in [1.165, 1.54) is 5.69 Å². The van der Waals surface area contributed by atoms with Crippen LogP contribution in [-0.2, 0) is 11.2 Å². The number of amides is 1. The second kappa shape index (κ2) is 12.4. The molecule has 1 aliphatic rings. The minimum absolute atomic E-state index is 0. The Balaban J connectivity index is 0.00000320. The molecule has 0 saturated carbocycles. The topological polar surface area (TPSA) is 72.9 Å². The molecule has 0 aliphatic carbocycles. The van der Waals surface area contributed by atoms with E-state index in [0.717, 1.165) is 31.6 Å². The molecule has 1 aliphatic heterocycles. The molecule has 2 aromatic rings. The number of halogens is 1. The first-order chi connectivity index (χ1) is 14.2. The Kier molecular flexibility index (Phi) is 9.85. The normalized spacial score (nSPS) is 16.0. The summed E-state index contributed by atoms with van der Waals surface area (Å²) in [5.74, 6) is 0.692. The number of nitrogens with one attached hydrogen (secondary N) is 2. The Morgan fingerprint density at radius 2 is 2.00 bits per heavy atom. The number of carbonyl (C=O) groups is 1. The van der Waals surface area contributed by atoms with Crippen LogP contribution in [0.1, 0.15) is 12.1 Å². The van der Waals surface area contributed by atoms with Crippen molar-refractivity contribution in [3.8, 4) is 0 Å². The zero-order chi connectivity index (χ0) is 20.5. The van der Waals surface area contributed by atoms with Crippen molar-refractivity contribution in [1.82, 2.24) is 20.5 Å². The number of rotatable bonds is 7. The maximum absolute atomic E-state index is 12.4. The monoisotopic (exact) mass is 522 g/mol. The Hall–Kier alpha value is -2.36. The van der Waals surface area contributed by atoms with Crippen LogP contribution in [0.2, 0.25) is 0 Å². The second-order valence-corrected chi connectivity index (χ2v) is 7.22. The lowest BCUT2D eigenvalue weighted by atomic mass is 10.2. The minimum atomic E-state index is 0. The van der Waals surface area contributed by atoms with Crippen LogP contribution < -0.4 is 15.5 Å². The van der Waals surface area contributed by atoms with Crippen molar-refractivity contribution >= 4 is 41.5 Å². The maximum atomic E-state index is 12.4. The Labute approximate surface area is 196 Å². The number of guanidine groups is 1. The van der Waals surface area contributed by atoms with Gasteiger partial charge in [0, 0.05) is 63.8 Å². The molecule has 162 valence electrons. The third-order valence-electron chi connectivity index (χ3n) is 5.14. The standard InChI is InChI=1S/C22H30N6O.HI/c1-23-22(26-19-12-15-28(17-19)20-9-4-3-5-10-20)25-16-21(29)27(2)14-11-18-8-6-7-13-24-18;/h3-10,13,19H,11-12,14-17H2,1-2H3,(H2,23,25,26);1H. The summed E-state index contributed by atoms with van der Waals surface area (Å²) in [6, 6.07) is 16.6. The van der Waals surface area contributed by atoms with Crippen LogP contribution in [0.15, 0.2) is 59.7 Å². The lowest BCUT2D eigenvalue weighted by Crippen LogP contribution is -2.48. The molecule has 0 radical (unpaired) electrons. The summed E-state index contributed by atoms with van der Waals surface area (Å²) in [4.78, 5) is 25.1. The molecule has 2 heterocycles. The first-order valence-corrected chi connectivity index (χ1v) is 10.1. The summed E-state index contributed by atoms with van der Waals surface area (Å²) in [5, 5.41) is 6.58. The number of hydrogen-bond acceptors (Lipinski definition) is 4. The third kappa shape index (κ3) is 7.16.